The number of benzene rings is 1. The molecule has 0 aliphatic rings. The molecular formula is C15H23BrN2O3. The number of nitrogens with one attached hydrogen (secondary N) is 2. The number of carbonyl (C=O) groups excluding carboxylic acids is 1. The smallest absolute Gasteiger partial charge is 0.219 e. The van der Waals surface area contributed by atoms with Crippen LogP contribution in [0.1, 0.15) is 25.3 Å². The van der Waals surface area contributed by atoms with Gasteiger partial charge in [0.1, 0.15) is 0 Å². The van der Waals surface area contributed by atoms with Crippen molar-refractivity contribution in [2.24, 2.45) is 0 Å². The van der Waals surface area contributed by atoms with E-state index in [4.69, 9.17) is 9.47 Å². The number of carbonyl (C=O) groups is 1. The summed E-state index contributed by atoms with van der Waals surface area (Å²) in [6.07, 6.45) is 1.12. The van der Waals surface area contributed by atoms with Crippen LogP contribution in [-0.2, 0) is 11.3 Å². The van der Waals surface area contributed by atoms with Gasteiger partial charge in [-0.2, -0.15) is 0 Å². The lowest BCUT2D eigenvalue weighted by Gasteiger charge is -2.15. The summed E-state index contributed by atoms with van der Waals surface area (Å²) in [7, 11) is 3.53. The van der Waals surface area contributed by atoms with Gasteiger partial charge in [-0.05, 0) is 54.0 Å². The summed E-state index contributed by atoms with van der Waals surface area (Å²) in [4.78, 5) is 11.2. The fraction of sp³-hybridized carbons (Fsp3) is 0.533. The van der Waals surface area contributed by atoms with E-state index in [0.717, 1.165) is 22.3 Å². The minimum absolute atomic E-state index is 0.0204. The Bertz CT molecular complexity index is 466. The Hall–Kier alpha value is -1.27. The van der Waals surface area contributed by atoms with Crippen molar-refractivity contribution in [3.8, 4) is 11.5 Å². The molecule has 1 aromatic rings. The van der Waals surface area contributed by atoms with Gasteiger partial charge in [-0.15, -0.1) is 0 Å². The molecule has 1 amide bonds. The standard InChI is InChI=1S/C15H23BrN2O3/c1-4-20-13-9-11(10-17-2)8-12(16)15(13)21-7-5-6-14(19)18-3/h8-9,17H,4-7,10H2,1-3H3,(H,18,19). The molecule has 5 nitrogen and oxygen atoms in total. The summed E-state index contributed by atoms with van der Waals surface area (Å²) < 4.78 is 12.3. The molecule has 0 bridgehead atoms. The molecule has 0 heterocycles. The van der Waals surface area contributed by atoms with Gasteiger partial charge < -0.3 is 20.1 Å². The summed E-state index contributed by atoms with van der Waals surface area (Å²) in [5.41, 5.74) is 1.12. The maximum Gasteiger partial charge on any atom is 0.219 e. The van der Waals surface area contributed by atoms with E-state index in [9.17, 15) is 4.79 Å². The molecule has 0 aliphatic carbocycles. The zero-order chi connectivity index (χ0) is 15.7. The summed E-state index contributed by atoms with van der Waals surface area (Å²) in [5, 5.41) is 5.70. The second kappa shape index (κ2) is 9.63. The lowest BCUT2D eigenvalue weighted by Crippen LogP contribution is -2.18. The van der Waals surface area contributed by atoms with E-state index in [1.54, 1.807) is 7.05 Å². The first kappa shape index (κ1) is 17.8. The van der Waals surface area contributed by atoms with E-state index in [-0.39, 0.29) is 5.91 Å². The van der Waals surface area contributed by atoms with Gasteiger partial charge in [0.05, 0.1) is 17.7 Å². The molecule has 21 heavy (non-hydrogen) atoms. The molecule has 0 spiro atoms. The Morgan fingerprint density at radius 3 is 2.67 bits per heavy atom. The number of ether oxygens (including phenoxy) is 2. The fourth-order valence-electron chi connectivity index (χ4n) is 1.86. The highest BCUT2D eigenvalue weighted by atomic mass is 79.9. The normalized spacial score (nSPS) is 10.3. The number of amides is 1. The average Bonchev–Trinajstić information content (AvgIpc) is 2.46. The van der Waals surface area contributed by atoms with Crippen LogP contribution < -0.4 is 20.1 Å². The second-order valence-electron chi connectivity index (χ2n) is 4.49. The van der Waals surface area contributed by atoms with E-state index in [2.05, 4.69) is 26.6 Å². The lowest BCUT2D eigenvalue weighted by molar-refractivity contribution is -0.120. The molecule has 0 aliphatic heterocycles. The third-order valence-corrected chi connectivity index (χ3v) is 3.41. The molecule has 1 rings (SSSR count). The average molecular weight is 359 g/mol. The summed E-state index contributed by atoms with van der Waals surface area (Å²) in [6.45, 7) is 3.74. The van der Waals surface area contributed by atoms with Gasteiger partial charge in [0, 0.05) is 20.0 Å². The quantitative estimate of drug-likeness (QED) is 0.665. The van der Waals surface area contributed by atoms with E-state index in [0.29, 0.717) is 31.8 Å². The Morgan fingerprint density at radius 1 is 1.29 bits per heavy atom. The Kier molecular flexibility index (Phi) is 8.15. The molecule has 118 valence electrons. The molecule has 1 aromatic carbocycles. The zero-order valence-electron chi connectivity index (χ0n) is 12.8. The van der Waals surface area contributed by atoms with Crippen molar-refractivity contribution in [2.75, 3.05) is 27.3 Å². The highest BCUT2D eigenvalue weighted by Crippen LogP contribution is 2.37. The lowest BCUT2D eigenvalue weighted by atomic mass is 10.2. The van der Waals surface area contributed by atoms with E-state index in [1.807, 2.05) is 26.1 Å². The van der Waals surface area contributed by atoms with Crippen molar-refractivity contribution in [3.05, 3.63) is 22.2 Å². The van der Waals surface area contributed by atoms with Crippen molar-refractivity contribution in [3.63, 3.8) is 0 Å². The van der Waals surface area contributed by atoms with E-state index in [1.165, 1.54) is 0 Å². The Labute approximate surface area is 134 Å². The largest absolute Gasteiger partial charge is 0.490 e. The molecule has 0 radical (unpaired) electrons. The van der Waals surface area contributed by atoms with Gasteiger partial charge in [-0.1, -0.05) is 0 Å². The second-order valence-corrected chi connectivity index (χ2v) is 5.35. The van der Waals surface area contributed by atoms with Crippen molar-refractivity contribution >= 4 is 21.8 Å². The van der Waals surface area contributed by atoms with Crippen LogP contribution >= 0.6 is 15.9 Å². The minimum atomic E-state index is 0.0204. The number of hydrogen-bond donors (Lipinski definition) is 2. The highest BCUT2D eigenvalue weighted by molar-refractivity contribution is 9.10. The first-order valence-electron chi connectivity index (χ1n) is 7.05. The van der Waals surface area contributed by atoms with Crippen LogP contribution in [0, 0.1) is 0 Å². The first-order valence-corrected chi connectivity index (χ1v) is 7.84. The van der Waals surface area contributed by atoms with Crippen LogP contribution in [0.3, 0.4) is 0 Å². The van der Waals surface area contributed by atoms with Gasteiger partial charge in [0.25, 0.3) is 0 Å². The summed E-state index contributed by atoms with van der Waals surface area (Å²) in [6, 6.07) is 3.98. The van der Waals surface area contributed by atoms with Crippen LogP contribution in [0.15, 0.2) is 16.6 Å². The Morgan fingerprint density at radius 2 is 2.05 bits per heavy atom. The van der Waals surface area contributed by atoms with Gasteiger partial charge in [-0.3, -0.25) is 4.79 Å². The highest BCUT2D eigenvalue weighted by Gasteiger charge is 2.12. The SMILES string of the molecule is CCOc1cc(CNC)cc(Br)c1OCCCC(=O)NC. The van der Waals surface area contributed by atoms with Crippen molar-refractivity contribution in [2.45, 2.75) is 26.3 Å². The predicted octanol–water partition coefficient (Wildman–Crippen LogP) is 2.47. The zero-order valence-corrected chi connectivity index (χ0v) is 14.4. The number of hydrogen-bond acceptors (Lipinski definition) is 4. The third kappa shape index (κ3) is 5.93. The molecule has 0 unspecified atom stereocenters. The molecule has 0 fully saturated rings. The monoisotopic (exact) mass is 358 g/mol. The van der Waals surface area contributed by atoms with Crippen LogP contribution in [0.25, 0.3) is 0 Å². The van der Waals surface area contributed by atoms with Crippen molar-refractivity contribution in [1.29, 1.82) is 0 Å². The predicted molar refractivity (Wildman–Crippen MR) is 86.9 cm³/mol. The summed E-state index contributed by atoms with van der Waals surface area (Å²) >= 11 is 3.52. The molecular weight excluding hydrogens is 336 g/mol. The maximum absolute atomic E-state index is 11.2. The molecule has 0 atom stereocenters. The van der Waals surface area contributed by atoms with Crippen LogP contribution in [0.5, 0.6) is 11.5 Å². The number of halogens is 1. The van der Waals surface area contributed by atoms with Crippen molar-refractivity contribution in [1.82, 2.24) is 10.6 Å². The van der Waals surface area contributed by atoms with Gasteiger partial charge in [-0.25, -0.2) is 0 Å². The minimum Gasteiger partial charge on any atom is -0.490 e. The maximum atomic E-state index is 11.2. The first-order chi connectivity index (χ1) is 10.1. The molecule has 6 heteroatoms. The molecule has 0 saturated carbocycles. The molecule has 0 saturated heterocycles. The Balaban J connectivity index is 2.72. The van der Waals surface area contributed by atoms with Gasteiger partial charge in [0.15, 0.2) is 11.5 Å². The van der Waals surface area contributed by atoms with Crippen LogP contribution in [-0.4, -0.2) is 33.2 Å². The fourth-order valence-corrected chi connectivity index (χ4v) is 2.47. The van der Waals surface area contributed by atoms with Gasteiger partial charge in [0.2, 0.25) is 5.91 Å². The van der Waals surface area contributed by atoms with Gasteiger partial charge >= 0.3 is 0 Å². The molecule has 0 aromatic heterocycles. The van der Waals surface area contributed by atoms with Crippen molar-refractivity contribution < 1.29 is 14.3 Å². The summed E-state index contributed by atoms with van der Waals surface area (Å²) in [5.74, 6) is 1.43. The van der Waals surface area contributed by atoms with Crippen LogP contribution in [0.4, 0.5) is 0 Å². The third-order valence-electron chi connectivity index (χ3n) is 2.82. The van der Waals surface area contributed by atoms with E-state index >= 15 is 0 Å². The van der Waals surface area contributed by atoms with E-state index < -0.39 is 0 Å². The van der Waals surface area contributed by atoms with Crippen LogP contribution in [0.2, 0.25) is 0 Å². The molecule has 2 N–H and O–H groups in total. The number of rotatable bonds is 9. The topological polar surface area (TPSA) is 59.6 Å².